The van der Waals surface area contributed by atoms with E-state index in [4.69, 9.17) is 4.74 Å². The minimum absolute atomic E-state index is 0.0995. The molecule has 0 atom stereocenters. The van der Waals surface area contributed by atoms with Crippen LogP contribution in [0.25, 0.3) is 0 Å². The Morgan fingerprint density at radius 3 is 2.84 bits per heavy atom. The molecule has 3 rings (SSSR count). The maximum absolute atomic E-state index is 12.1. The highest BCUT2D eigenvalue weighted by atomic mass is 79.9. The zero-order chi connectivity index (χ0) is 17.8. The fourth-order valence-electron chi connectivity index (χ4n) is 2.72. The quantitative estimate of drug-likeness (QED) is 0.824. The number of carbonyl (C=O) groups excluding carboxylic acids is 2. The summed E-state index contributed by atoms with van der Waals surface area (Å²) in [5.74, 6) is 0.446. The monoisotopic (exact) mass is 402 g/mol. The van der Waals surface area contributed by atoms with Crippen molar-refractivity contribution in [1.29, 1.82) is 0 Å². The van der Waals surface area contributed by atoms with Gasteiger partial charge in [-0.3, -0.25) is 9.59 Å². The van der Waals surface area contributed by atoms with Gasteiger partial charge in [0.25, 0.3) is 5.91 Å². The molecular weight excluding hydrogens is 384 g/mol. The number of ether oxygens (including phenoxy) is 1. The molecule has 0 aliphatic carbocycles. The van der Waals surface area contributed by atoms with Crippen LogP contribution in [0.5, 0.6) is 5.75 Å². The average molecular weight is 403 g/mol. The summed E-state index contributed by atoms with van der Waals surface area (Å²) >= 11 is 3.43. The first-order valence-corrected chi connectivity index (χ1v) is 8.91. The van der Waals surface area contributed by atoms with Crippen molar-refractivity contribution < 1.29 is 14.3 Å². The third-order valence-electron chi connectivity index (χ3n) is 3.97. The number of hydrogen-bond donors (Lipinski definition) is 1. The first-order valence-electron chi connectivity index (χ1n) is 8.12. The molecule has 1 fully saturated rings. The second-order valence-electron chi connectivity index (χ2n) is 5.97. The predicted octanol–water partition coefficient (Wildman–Crippen LogP) is 3.90. The Balaban J connectivity index is 1.59. The number of anilines is 2. The van der Waals surface area contributed by atoms with Gasteiger partial charge in [-0.15, -0.1) is 0 Å². The van der Waals surface area contributed by atoms with Crippen LogP contribution in [0.4, 0.5) is 11.4 Å². The van der Waals surface area contributed by atoms with Gasteiger partial charge < -0.3 is 15.0 Å². The van der Waals surface area contributed by atoms with E-state index < -0.39 is 0 Å². The van der Waals surface area contributed by atoms with Crippen LogP contribution < -0.4 is 15.0 Å². The molecule has 2 aromatic rings. The van der Waals surface area contributed by atoms with E-state index in [1.54, 1.807) is 17.0 Å². The van der Waals surface area contributed by atoms with Crippen LogP contribution in [-0.4, -0.2) is 25.0 Å². The van der Waals surface area contributed by atoms with E-state index in [1.807, 2.05) is 37.3 Å². The fourth-order valence-corrected chi connectivity index (χ4v) is 3.31. The van der Waals surface area contributed by atoms with E-state index >= 15 is 0 Å². The van der Waals surface area contributed by atoms with Gasteiger partial charge in [0.1, 0.15) is 5.75 Å². The Bertz CT molecular complexity index is 807. The summed E-state index contributed by atoms with van der Waals surface area (Å²) < 4.78 is 6.40. The van der Waals surface area contributed by atoms with Gasteiger partial charge in [-0.2, -0.15) is 0 Å². The van der Waals surface area contributed by atoms with Gasteiger partial charge >= 0.3 is 0 Å². The molecule has 1 N–H and O–H groups in total. The summed E-state index contributed by atoms with van der Waals surface area (Å²) in [5, 5.41) is 2.81. The van der Waals surface area contributed by atoms with E-state index in [0.717, 1.165) is 28.7 Å². The number of aryl methyl sites for hydroxylation is 1. The molecule has 0 bridgehead atoms. The molecule has 6 heteroatoms. The van der Waals surface area contributed by atoms with Gasteiger partial charge in [0.2, 0.25) is 5.91 Å². The zero-order valence-electron chi connectivity index (χ0n) is 13.9. The number of rotatable bonds is 5. The minimum atomic E-state index is -0.243. The van der Waals surface area contributed by atoms with Crippen molar-refractivity contribution in [1.82, 2.24) is 0 Å². The molecule has 0 unspecified atom stereocenters. The van der Waals surface area contributed by atoms with Gasteiger partial charge in [-0.25, -0.2) is 0 Å². The Morgan fingerprint density at radius 1 is 1.28 bits per heavy atom. The SMILES string of the molecule is Cc1ccc(NC(=O)COc2cccc(N3CCCC3=O)c2)c(Br)c1. The van der Waals surface area contributed by atoms with E-state index in [9.17, 15) is 9.59 Å². The topological polar surface area (TPSA) is 58.6 Å². The van der Waals surface area contributed by atoms with Crippen molar-refractivity contribution in [3.63, 3.8) is 0 Å². The number of nitrogens with one attached hydrogen (secondary N) is 1. The highest BCUT2D eigenvalue weighted by Crippen LogP contribution is 2.26. The molecular formula is C19H19BrN2O3. The maximum Gasteiger partial charge on any atom is 0.262 e. The molecule has 1 aliphatic heterocycles. The second kappa shape index (κ2) is 7.70. The van der Waals surface area contributed by atoms with Crippen LogP contribution in [0.2, 0.25) is 0 Å². The summed E-state index contributed by atoms with van der Waals surface area (Å²) in [7, 11) is 0. The lowest BCUT2D eigenvalue weighted by atomic mass is 10.2. The first kappa shape index (κ1) is 17.5. The highest BCUT2D eigenvalue weighted by molar-refractivity contribution is 9.10. The van der Waals surface area contributed by atoms with Crippen molar-refractivity contribution in [3.05, 3.63) is 52.5 Å². The van der Waals surface area contributed by atoms with Gasteiger partial charge in [0.15, 0.2) is 6.61 Å². The Morgan fingerprint density at radius 2 is 2.12 bits per heavy atom. The molecule has 0 spiro atoms. The van der Waals surface area contributed by atoms with Crippen LogP contribution in [0.1, 0.15) is 18.4 Å². The molecule has 2 amide bonds. The lowest BCUT2D eigenvalue weighted by Crippen LogP contribution is -2.24. The number of halogens is 1. The smallest absolute Gasteiger partial charge is 0.262 e. The zero-order valence-corrected chi connectivity index (χ0v) is 15.5. The lowest BCUT2D eigenvalue weighted by molar-refractivity contribution is -0.118. The summed E-state index contributed by atoms with van der Waals surface area (Å²) in [4.78, 5) is 25.7. The van der Waals surface area contributed by atoms with Crippen molar-refractivity contribution in [2.24, 2.45) is 0 Å². The molecule has 0 saturated carbocycles. The molecule has 5 nitrogen and oxygen atoms in total. The van der Waals surface area contributed by atoms with Crippen molar-refractivity contribution in [3.8, 4) is 5.75 Å². The van der Waals surface area contributed by atoms with Gasteiger partial charge in [0.05, 0.1) is 5.69 Å². The highest BCUT2D eigenvalue weighted by Gasteiger charge is 2.21. The lowest BCUT2D eigenvalue weighted by Gasteiger charge is -2.16. The largest absolute Gasteiger partial charge is 0.484 e. The molecule has 1 saturated heterocycles. The van der Waals surface area contributed by atoms with Crippen LogP contribution in [0, 0.1) is 6.92 Å². The average Bonchev–Trinajstić information content (AvgIpc) is 3.02. The number of nitrogens with zero attached hydrogens (tertiary/aromatic N) is 1. The van der Waals surface area contributed by atoms with Crippen LogP contribution in [-0.2, 0) is 9.59 Å². The number of amides is 2. The molecule has 25 heavy (non-hydrogen) atoms. The number of benzene rings is 2. The van der Waals surface area contributed by atoms with E-state index in [2.05, 4.69) is 21.2 Å². The molecule has 0 radical (unpaired) electrons. The minimum Gasteiger partial charge on any atom is -0.484 e. The first-order chi connectivity index (χ1) is 12.0. The number of hydrogen-bond acceptors (Lipinski definition) is 3. The van der Waals surface area contributed by atoms with Crippen LogP contribution in [0.3, 0.4) is 0 Å². The Hall–Kier alpha value is -2.34. The van der Waals surface area contributed by atoms with E-state index in [1.165, 1.54) is 0 Å². The summed E-state index contributed by atoms with van der Waals surface area (Å²) in [6, 6.07) is 13.0. The van der Waals surface area contributed by atoms with E-state index in [-0.39, 0.29) is 18.4 Å². The Labute approximate surface area is 155 Å². The van der Waals surface area contributed by atoms with Crippen LogP contribution in [0.15, 0.2) is 46.9 Å². The molecule has 1 aliphatic rings. The van der Waals surface area contributed by atoms with Gasteiger partial charge in [0, 0.05) is 29.2 Å². The summed E-state index contributed by atoms with van der Waals surface area (Å²) in [5.41, 5.74) is 2.62. The van der Waals surface area contributed by atoms with Gasteiger partial charge in [-0.05, 0) is 59.1 Å². The van der Waals surface area contributed by atoms with Crippen molar-refractivity contribution in [2.45, 2.75) is 19.8 Å². The molecule has 2 aromatic carbocycles. The van der Waals surface area contributed by atoms with Crippen molar-refractivity contribution >= 4 is 39.1 Å². The summed E-state index contributed by atoms with van der Waals surface area (Å²) in [6.45, 7) is 2.61. The maximum atomic E-state index is 12.1. The number of carbonyl (C=O) groups is 2. The Kier molecular flexibility index (Phi) is 5.38. The van der Waals surface area contributed by atoms with E-state index in [0.29, 0.717) is 17.9 Å². The third-order valence-corrected chi connectivity index (χ3v) is 4.63. The second-order valence-corrected chi connectivity index (χ2v) is 6.82. The van der Waals surface area contributed by atoms with Crippen molar-refractivity contribution in [2.75, 3.05) is 23.4 Å². The third kappa shape index (κ3) is 4.39. The fraction of sp³-hybridized carbons (Fsp3) is 0.263. The van der Waals surface area contributed by atoms with Crippen LogP contribution >= 0.6 is 15.9 Å². The summed E-state index contributed by atoms with van der Waals surface area (Å²) in [6.07, 6.45) is 1.46. The molecule has 130 valence electrons. The normalized spacial score (nSPS) is 13.8. The van der Waals surface area contributed by atoms with Gasteiger partial charge in [-0.1, -0.05) is 12.1 Å². The predicted molar refractivity (Wildman–Crippen MR) is 101 cm³/mol. The standard InChI is InChI=1S/C19H19BrN2O3/c1-13-7-8-17(16(20)10-13)21-18(23)12-25-15-5-2-4-14(11-15)22-9-3-6-19(22)24/h2,4-5,7-8,10-11H,3,6,9,12H2,1H3,(H,21,23). The molecule has 0 aromatic heterocycles. The molecule has 1 heterocycles.